The number of likely N-dealkylation sites (tertiary alicyclic amines) is 1. The molecule has 0 bridgehead atoms. The molecule has 5 unspecified atom stereocenters. The van der Waals surface area contributed by atoms with E-state index in [9.17, 15) is 28.0 Å². The molecule has 0 spiro atoms. The van der Waals surface area contributed by atoms with Crippen LogP contribution in [0.5, 0.6) is 5.75 Å². The van der Waals surface area contributed by atoms with Gasteiger partial charge in [0, 0.05) is 29.9 Å². The van der Waals surface area contributed by atoms with Gasteiger partial charge in [-0.05, 0) is 55.7 Å². The Hall–Kier alpha value is -3.50. The zero-order valence-electron chi connectivity index (χ0n) is 19.5. The number of rotatable bonds is 8. The van der Waals surface area contributed by atoms with Crippen molar-refractivity contribution in [2.45, 2.75) is 50.8 Å². The highest BCUT2D eigenvalue weighted by molar-refractivity contribution is 6.02. The molecule has 3 fully saturated rings. The van der Waals surface area contributed by atoms with Crippen molar-refractivity contribution in [2.24, 2.45) is 17.8 Å². The molecule has 3 aliphatic rings. The predicted molar refractivity (Wildman–Crippen MR) is 124 cm³/mol. The quantitative estimate of drug-likeness (QED) is 0.478. The molecule has 5 rings (SSSR count). The van der Waals surface area contributed by atoms with Gasteiger partial charge in [-0.1, -0.05) is 12.5 Å². The number of carbonyl (C=O) groups excluding carboxylic acids is 4. The van der Waals surface area contributed by atoms with Crippen LogP contribution < -0.4 is 15.4 Å². The van der Waals surface area contributed by atoms with Crippen molar-refractivity contribution in [3.63, 3.8) is 0 Å². The van der Waals surface area contributed by atoms with Gasteiger partial charge in [0.1, 0.15) is 23.8 Å². The number of aromatic nitrogens is 1. The molecule has 1 aromatic heterocycles. The Morgan fingerprint density at radius 3 is 2.81 bits per heavy atom. The van der Waals surface area contributed by atoms with E-state index in [1.54, 1.807) is 12.1 Å². The number of alkyl halides is 2. The number of carbonyl (C=O) groups is 4. The minimum absolute atomic E-state index is 0.0295. The third kappa shape index (κ3) is 4.54. The van der Waals surface area contributed by atoms with E-state index in [0.717, 1.165) is 19.3 Å². The molecular weight excluding hydrogens is 474 g/mol. The molecule has 2 saturated heterocycles. The third-order valence-electron chi connectivity index (χ3n) is 7.68. The molecular formula is C25H28F2N4O5. The summed E-state index contributed by atoms with van der Waals surface area (Å²) < 4.78 is 30.2. The highest BCUT2D eigenvalue weighted by atomic mass is 19.3. The molecule has 3 heterocycles. The minimum atomic E-state index is -3.00. The Morgan fingerprint density at radius 1 is 1.25 bits per heavy atom. The topological polar surface area (TPSA) is 121 Å². The number of H-pyrrole nitrogens is 1. The van der Waals surface area contributed by atoms with Crippen LogP contribution in [0.25, 0.3) is 10.9 Å². The van der Waals surface area contributed by atoms with Crippen molar-refractivity contribution >= 4 is 34.9 Å². The maximum Gasteiger partial charge on any atom is 0.387 e. The first-order valence-corrected chi connectivity index (χ1v) is 12.3. The number of nitrogens with one attached hydrogen (secondary N) is 3. The normalized spacial score (nSPS) is 26.2. The molecule has 11 heteroatoms. The number of nitrogens with zero attached hydrogens (tertiary/aromatic N) is 1. The smallest absolute Gasteiger partial charge is 0.387 e. The van der Waals surface area contributed by atoms with Gasteiger partial charge in [-0.3, -0.25) is 14.4 Å². The Labute approximate surface area is 205 Å². The molecule has 1 aliphatic carbocycles. The number of hydrogen-bond acceptors (Lipinski definition) is 5. The van der Waals surface area contributed by atoms with Crippen molar-refractivity contribution < 1.29 is 32.7 Å². The van der Waals surface area contributed by atoms with Crippen molar-refractivity contribution in [3.05, 3.63) is 30.0 Å². The summed E-state index contributed by atoms with van der Waals surface area (Å²) in [6, 6.07) is 4.48. The van der Waals surface area contributed by atoms with Crippen molar-refractivity contribution in [1.82, 2.24) is 20.5 Å². The van der Waals surface area contributed by atoms with Crippen LogP contribution in [0.3, 0.4) is 0 Å². The Bertz CT molecular complexity index is 1180. The van der Waals surface area contributed by atoms with E-state index in [4.69, 9.17) is 0 Å². The molecule has 192 valence electrons. The zero-order valence-corrected chi connectivity index (χ0v) is 19.5. The average molecular weight is 503 g/mol. The molecule has 2 aliphatic heterocycles. The van der Waals surface area contributed by atoms with Gasteiger partial charge in [-0.15, -0.1) is 0 Å². The summed E-state index contributed by atoms with van der Waals surface area (Å²) in [7, 11) is 0. The fourth-order valence-electron chi connectivity index (χ4n) is 6.04. The van der Waals surface area contributed by atoms with E-state index in [1.807, 2.05) is 0 Å². The van der Waals surface area contributed by atoms with Crippen LogP contribution in [0, 0.1) is 17.8 Å². The lowest BCUT2D eigenvalue weighted by Crippen LogP contribution is -2.52. The molecule has 1 saturated carbocycles. The number of fused-ring (bicyclic) bond motifs is 2. The molecule has 1 aromatic carbocycles. The fourth-order valence-corrected chi connectivity index (χ4v) is 6.04. The van der Waals surface area contributed by atoms with E-state index in [2.05, 4.69) is 20.4 Å². The summed E-state index contributed by atoms with van der Waals surface area (Å²) in [5.74, 6) is -1.20. The third-order valence-corrected chi connectivity index (χ3v) is 7.68. The molecule has 0 radical (unpaired) electrons. The van der Waals surface area contributed by atoms with Gasteiger partial charge in [0.2, 0.25) is 11.8 Å². The van der Waals surface area contributed by atoms with Gasteiger partial charge < -0.3 is 30.0 Å². The monoisotopic (exact) mass is 502 g/mol. The van der Waals surface area contributed by atoms with Crippen molar-refractivity contribution in [3.8, 4) is 5.75 Å². The van der Waals surface area contributed by atoms with E-state index >= 15 is 0 Å². The lowest BCUT2D eigenvalue weighted by atomic mass is 9.92. The van der Waals surface area contributed by atoms with E-state index in [0.29, 0.717) is 36.7 Å². The van der Waals surface area contributed by atoms with E-state index < -0.39 is 30.5 Å². The number of aromatic amines is 1. The summed E-state index contributed by atoms with van der Waals surface area (Å²) in [6.45, 7) is -2.06. The minimum Gasteiger partial charge on any atom is -0.434 e. The summed E-state index contributed by atoms with van der Waals surface area (Å²) >= 11 is 0. The predicted octanol–water partition coefficient (Wildman–Crippen LogP) is 2.22. The fraction of sp³-hybridized carbons (Fsp3) is 0.520. The van der Waals surface area contributed by atoms with Gasteiger partial charge in [-0.2, -0.15) is 8.78 Å². The highest BCUT2D eigenvalue weighted by Gasteiger charge is 2.50. The molecule has 5 atom stereocenters. The van der Waals surface area contributed by atoms with Gasteiger partial charge >= 0.3 is 6.61 Å². The largest absolute Gasteiger partial charge is 0.434 e. The molecule has 9 nitrogen and oxygen atoms in total. The Morgan fingerprint density at radius 2 is 2.08 bits per heavy atom. The van der Waals surface area contributed by atoms with E-state index in [1.165, 1.54) is 17.0 Å². The number of benzene rings is 1. The summed E-state index contributed by atoms with van der Waals surface area (Å²) in [6.07, 6.45) is 4.11. The number of amides is 3. The van der Waals surface area contributed by atoms with Crippen LogP contribution in [0.2, 0.25) is 0 Å². The molecule has 3 amide bonds. The van der Waals surface area contributed by atoms with Gasteiger partial charge in [0.15, 0.2) is 0 Å². The van der Waals surface area contributed by atoms with Gasteiger partial charge in [-0.25, -0.2) is 0 Å². The second-order valence-corrected chi connectivity index (χ2v) is 9.80. The summed E-state index contributed by atoms with van der Waals surface area (Å²) in [5, 5.41) is 5.84. The van der Waals surface area contributed by atoms with Gasteiger partial charge in [0.05, 0.1) is 6.04 Å². The average Bonchev–Trinajstić information content (AvgIpc) is 3.61. The standard InChI is InChI=1S/C25H28F2N4O5/c26-25(27)36-20-6-2-5-18-17(20)10-19(30-18)24(35)31-11-14-3-1-4-16(14)21(31)23(34)29-15(12-32)9-13-7-8-28-22(13)33/h2,5-6,10,12-16,21,25,30H,1,3-4,7-9,11H2,(H,28,33)(H,29,34). The maximum atomic E-state index is 13.6. The van der Waals surface area contributed by atoms with Crippen molar-refractivity contribution in [2.75, 3.05) is 13.1 Å². The lowest BCUT2D eigenvalue weighted by Gasteiger charge is -2.28. The zero-order chi connectivity index (χ0) is 25.4. The number of hydrogen-bond donors (Lipinski definition) is 3. The van der Waals surface area contributed by atoms with Crippen LogP contribution in [0.4, 0.5) is 8.78 Å². The summed E-state index contributed by atoms with van der Waals surface area (Å²) in [5.41, 5.74) is 0.635. The molecule has 3 N–H and O–H groups in total. The van der Waals surface area contributed by atoms with Crippen molar-refractivity contribution in [1.29, 1.82) is 0 Å². The highest BCUT2D eigenvalue weighted by Crippen LogP contribution is 2.43. The number of aldehydes is 1. The van der Waals surface area contributed by atoms with Gasteiger partial charge in [0.25, 0.3) is 5.91 Å². The maximum absolute atomic E-state index is 13.6. The first-order valence-electron chi connectivity index (χ1n) is 12.3. The van der Waals surface area contributed by atoms with Crippen LogP contribution in [0.1, 0.15) is 42.6 Å². The van der Waals surface area contributed by atoms with Crippen LogP contribution in [0.15, 0.2) is 24.3 Å². The Kier molecular flexibility index (Phi) is 6.63. The Balaban J connectivity index is 1.37. The molecule has 36 heavy (non-hydrogen) atoms. The van der Waals surface area contributed by atoms with Crippen LogP contribution in [-0.4, -0.2) is 65.7 Å². The first-order chi connectivity index (χ1) is 17.4. The van der Waals surface area contributed by atoms with Crippen LogP contribution >= 0.6 is 0 Å². The number of halogens is 2. The van der Waals surface area contributed by atoms with Crippen LogP contribution in [-0.2, 0) is 14.4 Å². The second kappa shape index (κ2) is 9.87. The first kappa shape index (κ1) is 24.2. The SMILES string of the molecule is O=CC(CC1CCNC1=O)NC(=O)C1C2CCCC2CN1C(=O)c1cc2c(OC(F)F)cccc2[nH]1. The van der Waals surface area contributed by atoms with E-state index in [-0.39, 0.29) is 41.5 Å². The summed E-state index contributed by atoms with van der Waals surface area (Å²) in [4.78, 5) is 55.1. The molecule has 2 aromatic rings. The second-order valence-electron chi connectivity index (χ2n) is 9.80. The number of ether oxygens (including phenoxy) is 1. The lowest BCUT2D eigenvalue weighted by molar-refractivity contribution is -0.129.